The molecule has 0 aliphatic carbocycles. The summed E-state index contributed by atoms with van der Waals surface area (Å²) in [5, 5.41) is 6.39. The number of halogens is 6. The first-order valence-corrected chi connectivity index (χ1v) is 6.59. The highest BCUT2D eigenvalue weighted by molar-refractivity contribution is 8.13. The van der Waals surface area contributed by atoms with Gasteiger partial charge in [0.05, 0.1) is 5.92 Å². The van der Waals surface area contributed by atoms with Crippen LogP contribution >= 0.6 is 11.8 Å². The van der Waals surface area contributed by atoms with Crippen LogP contribution in [-0.2, 0) is 10.1 Å². The van der Waals surface area contributed by atoms with Gasteiger partial charge in [-0.15, -0.1) is 0 Å². The van der Waals surface area contributed by atoms with Gasteiger partial charge in [-0.25, -0.2) is 0 Å². The summed E-state index contributed by atoms with van der Waals surface area (Å²) in [4.78, 5) is 0. The van der Waals surface area contributed by atoms with Crippen LogP contribution in [0.25, 0.3) is 0 Å². The molecule has 13 heteroatoms. The molecule has 1 unspecified atom stereocenters. The number of thioether (sulfide) groups is 1. The molecule has 0 heterocycles. The Morgan fingerprint density at radius 3 is 1.79 bits per heavy atom. The number of nitrogens with one attached hydrogen (secondary N) is 1. The van der Waals surface area contributed by atoms with Crippen LogP contribution in [0, 0.1) is 11.3 Å². The van der Waals surface area contributed by atoms with Gasteiger partial charge >= 0.3 is 21.8 Å². The number of rotatable bonds is 2. The third kappa shape index (κ3) is 10.9. The average molecular weight is 336 g/mol. The van der Waals surface area contributed by atoms with E-state index >= 15 is 0 Å². The highest BCUT2D eigenvalue weighted by Gasteiger charge is 2.44. The number of alkyl halides is 6. The minimum Gasteiger partial charge on any atom is -0.379 e. The predicted molar refractivity (Wildman–Crippen MR) is 57.2 cm³/mol. The quantitative estimate of drug-likeness (QED) is 0.236. The molecule has 0 aliphatic rings. The van der Waals surface area contributed by atoms with Crippen molar-refractivity contribution < 1.29 is 39.3 Å². The molecule has 0 bridgehead atoms. The number of nitrogens with two attached hydrogens (primary N) is 1. The molecular weight excluding hydrogens is 326 g/mol. The molecule has 0 aromatic heterocycles. The molecule has 0 saturated carbocycles. The van der Waals surface area contributed by atoms with Gasteiger partial charge in [-0.3, -0.25) is 9.96 Å². The van der Waals surface area contributed by atoms with Crippen LogP contribution in [0.3, 0.4) is 0 Å². The lowest BCUT2D eigenvalue weighted by atomic mass is 10.2. The fraction of sp³-hybridized carbons (Fsp3) is 0.833. The normalized spacial score (nSPS) is 14.3. The Bertz CT molecular complexity index is 391. The van der Waals surface area contributed by atoms with Crippen molar-refractivity contribution in [2.75, 3.05) is 5.75 Å². The molecule has 116 valence electrons. The van der Waals surface area contributed by atoms with Crippen LogP contribution in [0.15, 0.2) is 0 Å². The van der Waals surface area contributed by atoms with Crippen molar-refractivity contribution in [3.63, 3.8) is 0 Å². The fourth-order valence-corrected chi connectivity index (χ4v) is 0.928. The first kappa shape index (κ1) is 20.6. The molecule has 0 aromatic rings. The van der Waals surface area contributed by atoms with E-state index in [4.69, 9.17) is 24.1 Å². The molecule has 0 radical (unpaired) electrons. The van der Waals surface area contributed by atoms with E-state index in [1.807, 2.05) is 0 Å². The molecule has 0 spiro atoms. The van der Waals surface area contributed by atoms with E-state index in [-0.39, 0.29) is 10.9 Å². The first-order chi connectivity index (χ1) is 8.09. The van der Waals surface area contributed by atoms with Gasteiger partial charge in [0.1, 0.15) is 0 Å². The lowest BCUT2D eigenvalue weighted by molar-refractivity contribution is -0.162. The van der Waals surface area contributed by atoms with Gasteiger partial charge in [0.15, 0.2) is 5.17 Å². The first-order valence-electron chi connectivity index (χ1n) is 4.16. The third-order valence-electron chi connectivity index (χ3n) is 1.34. The molecule has 5 nitrogen and oxygen atoms in total. The predicted octanol–water partition coefficient (Wildman–Crippen LogP) is 2.21. The summed E-state index contributed by atoms with van der Waals surface area (Å²) >= 11 is 0.707. The Hall–Kier alpha value is -0.690. The van der Waals surface area contributed by atoms with Gasteiger partial charge in [0.25, 0.3) is 0 Å². The Labute approximate surface area is 108 Å². The average Bonchev–Trinajstić information content (AvgIpc) is 2.09. The van der Waals surface area contributed by atoms with Gasteiger partial charge in [-0.2, -0.15) is 34.8 Å². The number of hydrogen-bond donors (Lipinski definition) is 3. The topological polar surface area (TPSA) is 104 Å². The minimum atomic E-state index is -5.84. The highest BCUT2D eigenvalue weighted by Crippen LogP contribution is 2.28. The maximum Gasteiger partial charge on any atom is 0.522 e. The standard InChI is InChI=1S/C5H9F3N2S.CHF3O3S/c1-3(5(6,7)8)2-11-4(9)10;2-1(3,4)8(5,6)7/h3H,2H2,1H3,(H3,9,10);(H,5,6,7). The Morgan fingerprint density at radius 2 is 1.63 bits per heavy atom. The summed E-state index contributed by atoms with van der Waals surface area (Å²) in [6.45, 7) is 1.07. The van der Waals surface area contributed by atoms with Crippen molar-refractivity contribution in [1.82, 2.24) is 0 Å². The molecule has 0 amide bonds. The van der Waals surface area contributed by atoms with Crippen molar-refractivity contribution >= 4 is 27.0 Å². The summed E-state index contributed by atoms with van der Waals surface area (Å²) in [5.74, 6) is -1.59. The van der Waals surface area contributed by atoms with Gasteiger partial charge < -0.3 is 5.73 Å². The van der Waals surface area contributed by atoms with E-state index in [1.165, 1.54) is 0 Å². The van der Waals surface area contributed by atoms with Crippen molar-refractivity contribution in [2.45, 2.75) is 18.6 Å². The van der Waals surface area contributed by atoms with Crippen LogP contribution in [0.1, 0.15) is 6.92 Å². The van der Waals surface area contributed by atoms with Crippen molar-refractivity contribution in [2.24, 2.45) is 11.7 Å². The van der Waals surface area contributed by atoms with E-state index in [9.17, 15) is 26.3 Å². The smallest absolute Gasteiger partial charge is 0.379 e. The molecular formula is C6H10F6N2O3S2. The van der Waals surface area contributed by atoms with E-state index in [2.05, 4.69) is 0 Å². The number of amidine groups is 1. The van der Waals surface area contributed by atoms with Crippen LogP contribution < -0.4 is 5.73 Å². The van der Waals surface area contributed by atoms with Crippen LogP contribution in [0.2, 0.25) is 0 Å². The van der Waals surface area contributed by atoms with E-state index in [0.29, 0.717) is 11.8 Å². The zero-order chi connectivity index (χ0) is 16.1. The molecule has 0 fully saturated rings. The summed E-state index contributed by atoms with van der Waals surface area (Å²) in [6, 6.07) is 0. The lowest BCUT2D eigenvalue weighted by Crippen LogP contribution is -2.23. The second-order valence-electron chi connectivity index (χ2n) is 3.04. The molecule has 0 aliphatic heterocycles. The SMILES string of the molecule is CC(CSC(=N)N)C(F)(F)F.O=S(=O)(O)C(F)(F)F. The maximum absolute atomic E-state index is 11.8. The third-order valence-corrected chi connectivity index (χ3v) is 2.90. The molecule has 0 rings (SSSR count). The Morgan fingerprint density at radius 1 is 1.32 bits per heavy atom. The Kier molecular flexibility index (Phi) is 7.80. The van der Waals surface area contributed by atoms with Crippen LogP contribution in [0.5, 0.6) is 0 Å². The van der Waals surface area contributed by atoms with Crippen LogP contribution in [-0.4, -0.2) is 35.6 Å². The fourth-order valence-electron chi connectivity index (χ4n) is 0.309. The summed E-state index contributed by atoms with van der Waals surface area (Å²) in [7, 11) is -5.84. The second kappa shape index (κ2) is 7.19. The minimum absolute atomic E-state index is 0.182. The molecule has 19 heavy (non-hydrogen) atoms. The summed E-state index contributed by atoms with van der Waals surface area (Å²) < 4.78 is 92.9. The maximum atomic E-state index is 11.8. The van der Waals surface area contributed by atoms with Gasteiger partial charge in [0.2, 0.25) is 0 Å². The summed E-state index contributed by atoms with van der Waals surface area (Å²) in [6.07, 6.45) is -4.18. The molecule has 1 atom stereocenters. The monoisotopic (exact) mass is 336 g/mol. The second-order valence-corrected chi connectivity index (χ2v) is 5.51. The summed E-state index contributed by atoms with van der Waals surface area (Å²) in [5.41, 5.74) is -0.672. The highest BCUT2D eigenvalue weighted by atomic mass is 32.2. The van der Waals surface area contributed by atoms with Gasteiger partial charge in [0, 0.05) is 5.75 Å². The Balaban J connectivity index is 0. The zero-order valence-corrected chi connectivity index (χ0v) is 10.8. The zero-order valence-electron chi connectivity index (χ0n) is 9.21. The van der Waals surface area contributed by atoms with E-state index in [1.54, 1.807) is 0 Å². The van der Waals surface area contributed by atoms with Gasteiger partial charge in [-0.1, -0.05) is 18.7 Å². The largest absolute Gasteiger partial charge is 0.522 e. The van der Waals surface area contributed by atoms with Gasteiger partial charge in [-0.05, 0) is 0 Å². The molecule has 0 saturated heterocycles. The molecule has 4 N–H and O–H groups in total. The van der Waals surface area contributed by atoms with E-state index < -0.39 is 27.7 Å². The number of hydrogen-bond acceptors (Lipinski definition) is 4. The lowest BCUT2D eigenvalue weighted by Gasteiger charge is -2.13. The van der Waals surface area contributed by atoms with Crippen LogP contribution in [0.4, 0.5) is 26.3 Å². The van der Waals surface area contributed by atoms with E-state index in [0.717, 1.165) is 6.92 Å². The van der Waals surface area contributed by atoms with Crippen molar-refractivity contribution in [3.8, 4) is 0 Å². The van der Waals surface area contributed by atoms with Crippen molar-refractivity contribution in [1.29, 1.82) is 5.41 Å². The van der Waals surface area contributed by atoms with Crippen molar-refractivity contribution in [3.05, 3.63) is 0 Å². The molecule has 0 aromatic carbocycles.